The first kappa shape index (κ1) is 16.2. The van der Waals surface area contributed by atoms with E-state index in [0.29, 0.717) is 5.75 Å². The molecule has 1 N–H and O–H groups in total. The van der Waals surface area contributed by atoms with E-state index in [-0.39, 0.29) is 18.3 Å². The number of nitrogens with zero attached hydrogens (tertiary/aromatic N) is 1. The maximum Gasteiger partial charge on any atom is 0.417 e. The second-order valence-electron chi connectivity index (χ2n) is 7.42. The summed E-state index contributed by atoms with van der Waals surface area (Å²) in [6.45, 7) is 0. The molecule has 0 unspecified atom stereocenters. The van der Waals surface area contributed by atoms with Gasteiger partial charge in [-0.1, -0.05) is 78.9 Å². The number of rotatable bonds is 1. The van der Waals surface area contributed by atoms with Crippen LogP contribution in [0.5, 0.6) is 5.75 Å². The topological polar surface area (TPSA) is 41.6 Å². The van der Waals surface area contributed by atoms with Crippen LogP contribution in [0.2, 0.25) is 0 Å². The van der Waals surface area contributed by atoms with Crippen LogP contribution in [0.4, 0.5) is 10.5 Å². The Bertz CT molecular complexity index is 1250. The van der Waals surface area contributed by atoms with Gasteiger partial charge in [0.15, 0.2) is 0 Å². The standard InChI is InChI=1S/C25H18N2O2/c28-25-27-23(22-18-11-5-4-8-16(18)14-15-21(22)29-25)19-12-6-7-13-20(19)26-24(27)17-9-2-1-3-10-17/h1-15,23-24,26H/t23-,24+/m1/s1. The number of carbonyl (C=O) groups is 1. The molecule has 4 aromatic rings. The molecule has 0 aliphatic carbocycles. The van der Waals surface area contributed by atoms with Gasteiger partial charge in [0, 0.05) is 16.8 Å². The average Bonchev–Trinajstić information content (AvgIpc) is 2.78. The Labute approximate surface area is 168 Å². The minimum Gasteiger partial charge on any atom is -0.410 e. The molecule has 0 spiro atoms. The zero-order valence-corrected chi connectivity index (χ0v) is 15.6. The molecule has 0 fully saturated rings. The van der Waals surface area contributed by atoms with E-state index < -0.39 is 0 Å². The van der Waals surface area contributed by atoms with Crippen LogP contribution in [-0.4, -0.2) is 11.0 Å². The smallest absolute Gasteiger partial charge is 0.410 e. The highest BCUT2D eigenvalue weighted by atomic mass is 16.6. The van der Waals surface area contributed by atoms with Crippen molar-refractivity contribution in [1.29, 1.82) is 0 Å². The van der Waals surface area contributed by atoms with Crippen LogP contribution < -0.4 is 10.1 Å². The number of nitrogens with one attached hydrogen (secondary N) is 1. The van der Waals surface area contributed by atoms with Gasteiger partial charge in [-0.25, -0.2) is 4.79 Å². The summed E-state index contributed by atoms with van der Waals surface area (Å²) in [5, 5.41) is 5.79. The first-order valence-corrected chi connectivity index (χ1v) is 9.73. The number of hydrogen-bond acceptors (Lipinski definition) is 3. The maximum atomic E-state index is 13.2. The summed E-state index contributed by atoms with van der Waals surface area (Å²) < 4.78 is 5.82. The van der Waals surface area contributed by atoms with Gasteiger partial charge >= 0.3 is 6.09 Å². The summed E-state index contributed by atoms with van der Waals surface area (Å²) >= 11 is 0. The van der Waals surface area contributed by atoms with Gasteiger partial charge in [-0.05, 0) is 28.5 Å². The number of ether oxygens (including phenoxy) is 1. The van der Waals surface area contributed by atoms with Crippen LogP contribution in [0.25, 0.3) is 10.8 Å². The van der Waals surface area contributed by atoms with Gasteiger partial charge in [-0.2, -0.15) is 0 Å². The first-order valence-electron chi connectivity index (χ1n) is 9.73. The third kappa shape index (κ3) is 2.36. The van der Waals surface area contributed by atoms with Crippen molar-refractivity contribution in [2.45, 2.75) is 12.2 Å². The molecule has 0 saturated carbocycles. The fourth-order valence-corrected chi connectivity index (χ4v) is 4.56. The summed E-state index contributed by atoms with van der Waals surface area (Å²) in [6, 6.07) is 30.2. The predicted molar refractivity (Wildman–Crippen MR) is 113 cm³/mol. The highest BCUT2D eigenvalue weighted by Crippen LogP contribution is 2.50. The summed E-state index contributed by atoms with van der Waals surface area (Å²) in [5.74, 6) is 0.637. The van der Waals surface area contributed by atoms with Gasteiger partial charge in [0.1, 0.15) is 11.9 Å². The molecule has 2 atom stereocenters. The molecule has 0 bridgehead atoms. The van der Waals surface area contributed by atoms with Crippen LogP contribution in [-0.2, 0) is 0 Å². The van der Waals surface area contributed by atoms with Gasteiger partial charge in [0.25, 0.3) is 0 Å². The molecule has 29 heavy (non-hydrogen) atoms. The fourth-order valence-electron chi connectivity index (χ4n) is 4.56. The van der Waals surface area contributed by atoms with Crippen molar-refractivity contribution in [3.05, 3.63) is 108 Å². The van der Waals surface area contributed by atoms with Gasteiger partial charge in [0.2, 0.25) is 0 Å². The van der Waals surface area contributed by atoms with E-state index in [1.165, 1.54) is 0 Å². The monoisotopic (exact) mass is 378 g/mol. The van der Waals surface area contributed by atoms with Crippen molar-refractivity contribution in [3.8, 4) is 5.75 Å². The Hall–Kier alpha value is -3.79. The molecule has 1 amide bonds. The average molecular weight is 378 g/mol. The Balaban J connectivity index is 1.66. The second kappa shape index (κ2) is 6.11. The van der Waals surface area contributed by atoms with Crippen LogP contribution in [0.15, 0.2) is 91.0 Å². The minimum atomic E-state index is -0.339. The quantitative estimate of drug-likeness (QED) is 0.450. The molecule has 0 aromatic heterocycles. The third-order valence-electron chi connectivity index (χ3n) is 5.83. The third-order valence-corrected chi connectivity index (χ3v) is 5.83. The minimum absolute atomic E-state index is 0.222. The summed E-state index contributed by atoms with van der Waals surface area (Å²) in [6.07, 6.45) is -0.649. The number of amides is 1. The molecule has 4 aromatic carbocycles. The van der Waals surface area contributed by atoms with E-state index in [2.05, 4.69) is 29.6 Å². The van der Waals surface area contributed by atoms with Gasteiger partial charge in [-0.3, -0.25) is 4.90 Å². The number of benzene rings is 4. The number of hydrogen-bond donors (Lipinski definition) is 1. The highest BCUT2D eigenvalue weighted by molar-refractivity contribution is 5.92. The molecule has 6 rings (SSSR count). The Kier molecular flexibility index (Phi) is 3.41. The lowest BCUT2D eigenvalue weighted by atomic mass is 9.87. The lowest BCUT2D eigenvalue weighted by Gasteiger charge is -2.46. The first-order chi connectivity index (χ1) is 14.3. The van der Waals surface area contributed by atoms with E-state index in [0.717, 1.165) is 33.2 Å². The fraction of sp³-hybridized carbons (Fsp3) is 0.0800. The van der Waals surface area contributed by atoms with E-state index in [1.807, 2.05) is 71.6 Å². The molecule has 0 saturated heterocycles. The highest BCUT2D eigenvalue weighted by Gasteiger charge is 2.45. The van der Waals surface area contributed by atoms with Crippen molar-refractivity contribution < 1.29 is 9.53 Å². The van der Waals surface area contributed by atoms with Crippen molar-refractivity contribution in [1.82, 2.24) is 4.90 Å². The Morgan fingerprint density at radius 3 is 2.45 bits per heavy atom. The molecule has 0 radical (unpaired) electrons. The summed E-state index contributed by atoms with van der Waals surface area (Å²) in [5.41, 5.74) is 4.18. The van der Waals surface area contributed by atoms with Crippen molar-refractivity contribution in [3.63, 3.8) is 0 Å². The van der Waals surface area contributed by atoms with Crippen LogP contribution >= 0.6 is 0 Å². The zero-order chi connectivity index (χ0) is 19.4. The Morgan fingerprint density at radius 2 is 1.55 bits per heavy atom. The van der Waals surface area contributed by atoms with Gasteiger partial charge < -0.3 is 10.1 Å². The van der Waals surface area contributed by atoms with Crippen molar-refractivity contribution >= 4 is 22.6 Å². The molecular formula is C25H18N2O2. The molecule has 140 valence electrons. The van der Waals surface area contributed by atoms with Crippen LogP contribution in [0, 0.1) is 0 Å². The SMILES string of the molecule is O=C1Oc2ccc3ccccc3c2[C@H]2c3ccccc3N[C@H](c3ccccc3)N12. The molecule has 2 heterocycles. The van der Waals surface area contributed by atoms with Crippen molar-refractivity contribution in [2.24, 2.45) is 0 Å². The molecule has 4 heteroatoms. The second-order valence-corrected chi connectivity index (χ2v) is 7.42. The van der Waals surface area contributed by atoms with E-state index >= 15 is 0 Å². The largest absolute Gasteiger partial charge is 0.417 e. The number of para-hydroxylation sites is 1. The zero-order valence-electron chi connectivity index (χ0n) is 15.6. The van der Waals surface area contributed by atoms with Crippen LogP contribution in [0.3, 0.4) is 0 Å². The van der Waals surface area contributed by atoms with Gasteiger partial charge in [0.05, 0.1) is 6.04 Å². The molecule has 2 aliphatic heterocycles. The lowest BCUT2D eigenvalue weighted by molar-refractivity contribution is 0.104. The van der Waals surface area contributed by atoms with E-state index in [9.17, 15) is 4.79 Å². The number of carbonyl (C=O) groups excluding carboxylic acids is 1. The normalized spacial score (nSPS) is 19.6. The summed E-state index contributed by atoms with van der Waals surface area (Å²) in [4.78, 5) is 15.0. The molecular weight excluding hydrogens is 360 g/mol. The Morgan fingerprint density at radius 1 is 0.793 bits per heavy atom. The lowest BCUT2D eigenvalue weighted by Crippen LogP contribution is -2.48. The van der Waals surface area contributed by atoms with Crippen LogP contribution in [0.1, 0.15) is 28.9 Å². The van der Waals surface area contributed by atoms with E-state index in [4.69, 9.17) is 4.74 Å². The van der Waals surface area contributed by atoms with Gasteiger partial charge in [-0.15, -0.1) is 0 Å². The number of fused-ring (bicyclic) bond motifs is 7. The summed E-state index contributed by atoms with van der Waals surface area (Å²) in [7, 11) is 0. The van der Waals surface area contributed by atoms with Crippen molar-refractivity contribution in [2.75, 3.05) is 5.32 Å². The van der Waals surface area contributed by atoms with E-state index in [1.54, 1.807) is 0 Å². The predicted octanol–water partition coefficient (Wildman–Crippen LogP) is 5.87. The maximum absolute atomic E-state index is 13.2. The number of anilines is 1. The molecule has 2 aliphatic rings. The molecule has 4 nitrogen and oxygen atoms in total.